The van der Waals surface area contributed by atoms with Crippen molar-refractivity contribution in [2.45, 2.75) is 31.2 Å². The van der Waals surface area contributed by atoms with E-state index in [1.165, 1.54) is 11.1 Å². The lowest BCUT2D eigenvalue weighted by atomic mass is 9.86. The second kappa shape index (κ2) is 8.84. The molecule has 0 saturated heterocycles. The zero-order chi connectivity index (χ0) is 17.4. The first-order chi connectivity index (χ1) is 11.6. The SMILES string of the molecule is NN(C(=O)O)C(C=O)CCCC(c1ccccc1)c1ccccc1. The van der Waals surface area contributed by atoms with Crippen molar-refractivity contribution in [2.24, 2.45) is 5.84 Å². The van der Waals surface area contributed by atoms with Crippen LogP contribution in [0.3, 0.4) is 0 Å². The van der Waals surface area contributed by atoms with Crippen LogP contribution in [0.2, 0.25) is 0 Å². The highest BCUT2D eigenvalue weighted by Crippen LogP contribution is 2.29. The Morgan fingerprint density at radius 1 is 1.00 bits per heavy atom. The zero-order valence-corrected chi connectivity index (χ0v) is 13.4. The Morgan fingerprint density at radius 3 is 1.92 bits per heavy atom. The van der Waals surface area contributed by atoms with Crippen molar-refractivity contribution in [1.82, 2.24) is 5.01 Å². The molecule has 2 rings (SSSR count). The number of hydrazine groups is 1. The predicted octanol–water partition coefficient (Wildman–Crippen LogP) is 3.41. The molecule has 3 N–H and O–H groups in total. The molecule has 126 valence electrons. The molecule has 0 bridgehead atoms. The molecule has 0 aliphatic carbocycles. The highest BCUT2D eigenvalue weighted by Gasteiger charge is 2.20. The summed E-state index contributed by atoms with van der Waals surface area (Å²) in [5.74, 6) is 5.62. The minimum absolute atomic E-state index is 0.204. The van der Waals surface area contributed by atoms with Gasteiger partial charge in [0.15, 0.2) is 0 Å². The third kappa shape index (κ3) is 4.67. The Labute approximate surface area is 141 Å². The average Bonchev–Trinajstić information content (AvgIpc) is 2.63. The summed E-state index contributed by atoms with van der Waals surface area (Å²) in [5.41, 5.74) is 2.41. The van der Waals surface area contributed by atoms with E-state index in [1.807, 2.05) is 36.4 Å². The van der Waals surface area contributed by atoms with E-state index >= 15 is 0 Å². The molecule has 0 heterocycles. The molecule has 24 heavy (non-hydrogen) atoms. The maximum absolute atomic E-state index is 11.1. The minimum Gasteiger partial charge on any atom is -0.464 e. The molecule has 0 spiro atoms. The molecule has 0 saturated carbocycles. The van der Waals surface area contributed by atoms with E-state index in [2.05, 4.69) is 24.3 Å². The molecule has 0 aliphatic rings. The smallest absolute Gasteiger partial charge is 0.422 e. The van der Waals surface area contributed by atoms with Crippen LogP contribution >= 0.6 is 0 Å². The van der Waals surface area contributed by atoms with Gasteiger partial charge in [-0.1, -0.05) is 60.7 Å². The molecule has 0 aromatic heterocycles. The van der Waals surface area contributed by atoms with E-state index in [-0.39, 0.29) is 5.92 Å². The van der Waals surface area contributed by atoms with E-state index in [4.69, 9.17) is 10.9 Å². The third-order valence-corrected chi connectivity index (χ3v) is 4.13. The van der Waals surface area contributed by atoms with Gasteiger partial charge in [-0.15, -0.1) is 0 Å². The number of aldehydes is 1. The van der Waals surface area contributed by atoms with Crippen LogP contribution in [0.5, 0.6) is 0 Å². The number of carboxylic acid groups (broad SMARTS) is 1. The van der Waals surface area contributed by atoms with Gasteiger partial charge in [0.05, 0.1) is 0 Å². The lowest BCUT2D eigenvalue weighted by molar-refractivity contribution is -0.112. The number of rotatable bonds is 8. The number of carbonyl (C=O) groups excluding carboxylic acids is 1. The minimum atomic E-state index is -1.30. The molecule has 2 aromatic rings. The predicted molar refractivity (Wildman–Crippen MR) is 92.5 cm³/mol. The number of hydrogen-bond donors (Lipinski definition) is 2. The Hall–Kier alpha value is -2.66. The van der Waals surface area contributed by atoms with Gasteiger partial charge in [0.25, 0.3) is 0 Å². The Balaban J connectivity index is 2.07. The van der Waals surface area contributed by atoms with Crippen molar-refractivity contribution in [1.29, 1.82) is 0 Å². The summed E-state index contributed by atoms with van der Waals surface area (Å²) in [7, 11) is 0. The lowest BCUT2D eigenvalue weighted by Crippen LogP contribution is -2.45. The van der Waals surface area contributed by atoms with Gasteiger partial charge in [-0.25, -0.2) is 15.6 Å². The van der Waals surface area contributed by atoms with Crippen molar-refractivity contribution in [3.8, 4) is 0 Å². The fourth-order valence-electron chi connectivity index (χ4n) is 2.84. The highest BCUT2D eigenvalue weighted by molar-refractivity contribution is 5.70. The van der Waals surface area contributed by atoms with E-state index in [9.17, 15) is 9.59 Å². The fourth-order valence-corrected chi connectivity index (χ4v) is 2.84. The Bertz CT molecular complexity index is 607. The molecule has 1 atom stereocenters. The number of benzene rings is 2. The number of nitrogens with zero attached hydrogens (tertiary/aromatic N) is 1. The normalized spacial score (nSPS) is 11.9. The monoisotopic (exact) mass is 326 g/mol. The molecular weight excluding hydrogens is 304 g/mol. The molecule has 5 heteroatoms. The number of hydrogen-bond acceptors (Lipinski definition) is 3. The Morgan fingerprint density at radius 2 is 1.50 bits per heavy atom. The first-order valence-electron chi connectivity index (χ1n) is 7.95. The Kier molecular flexibility index (Phi) is 6.51. The summed E-state index contributed by atoms with van der Waals surface area (Å²) in [6, 6.07) is 19.5. The van der Waals surface area contributed by atoms with Crippen molar-refractivity contribution < 1.29 is 14.7 Å². The lowest BCUT2D eigenvalue weighted by Gasteiger charge is -2.22. The molecule has 5 nitrogen and oxygen atoms in total. The summed E-state index contributed by atoms with van der Waals surface area (Å²) in [4.78, 5) is 22.0. The van der Waals surface area contributed by atoms with Gasteiger partial charge in [-0.05, 0) is 30.4 Å². The molecule has 0 radical (unpaired) electrons. The second-order valence-electron chi connectivity index (χ2n) is 5.70. The number of nitrogens with two attached hydrogens (primary N) is 1. The van der Waals surface area contributed by atoms with Crippen LogP contribution in [0.25, 0.3) is 0 Å². The first-order valence-corrected chi connectivity index (χ1v) is 7.95. The van der Waals surface area contributed by atoms with Crippen LogP contribution in [-0.4, -0.2) is 28.5 Å². The largest absolute Gasteiger partial charge is 0.464 e. The van der Waals surface area contributed by atoms with Crippen LogP contribution in [0.4, 0.5) is 4.79 Å². The zero-order valence-electron chi connectivity index (χ0n) is 13.4. The molecule has 0 aliphatic heterocycles. The van der Waals surface area contributed by atoms with Crippen LogP contribution < -0.4 is 5.84 Å². The van der Waals surface area contributed by atoms with Gasteiger partial charge in [0.1, 0.15) is 12.3 Å². The summed E-state index contributed by atoms with van der Waals surface area (Å²) in [6.07, 6.45) is 1.20. The summed E-state index contributed by atoms with van der Waals surface area (Å²) in [5, 5.41) is 9.47. The number of amides is 1. The van der Waals surface area contributed by atoms with Crippen molar-refractivity contribution in [3.63, 3.8) is 0 Å². The molecular formula is C19H22N2O3. The molecule has 0 fully saturated rings. The molecule has 2 aromatic carbocycles. The van der Waals surface area contributed by atoms with Gasteiger partial charge in [-0.3, -0.25) is 0 Å². The topological polar surface area (TPSA) is 83.6 Å². The summed E-state index contributed by atoms with van der Waals surface area (Å²) >= 11 is 0. The van der Waals surface area contributed by atoms with Crippen molar-refractivity contribution >= 4 is 12.4 Å². The maximum Gasteiger partial charge on any atom is 0.422 e. The third-order valence-electron chi connectivity index (χ3n) is 4.13. The highest BCUT2D eigenvalue weighted by atomic mass is 16.4. The van der Waals surface area contributed by atoms with Gasteiger partial charge >= 0.3 is 6.09 Å². The van der Waals surface area contributed by atoms with Gasteiger partial charge < -0.3 is 9.90 Å². The molecule has 1 unspecified atom stereocenters. The van der Waals surface area contributed by atoms with E-state index < -0.39 is 12.1 Å². The average molecular weight is 326 g/mol. The van der Waals surface area contributed by atoms with Crippen LogP contribution in [0, 0.1) is 0 Å². The van der Waals surface area contributed by atoms with Crippen LogP contribution in [0.15, 0.2) is 60.7 Å². The second-order valence-corrected chi connectivity index (χ2v) is 5.70. The maximum atomic E-state index is 11.1. The van der Waals surface area contributed by atoms with E-state index in [1.54, 1.807) is 0 Å². The first kappa shape index (κ1) is 17.7. The standard InChI is InChI=1S/C19H22N2O3/c20-21(19(23)24)17(14-22)12-7-13-18(15-8-3-1-4-9-15)16-10-5-2-6-11-16/h1-6,8-11,14,17-18H,7,12-13,20H2,(H,23,24). The van der Waals surface area contributed by atoms with Crippen molar-refractivity contribution in [3.05, 3.63) is 71.8 Å². The summed E-state index contributed by atoms with van der Waals surface area (Å²) < 4.78 is 0. The van der Waals surface area contributed by atoms with Crippen LogP contribution in [-0.2, 0) is 4.79 Å². The quantitative estimate of drug-likeness (QED) is 0.337. The number of carbonyl (C=O) groups is 2. The van der Waals surface area contributed by atoms with Gasteiger partial charge in [0.2, 0.25) is 0 Å². The van der Waals surface area contributed by atoms with Crippen LogP contribution in [0.1, 0.15) is 36.3 Å². The fraction of sp³-hybridized carbons (Fsp3) is 0.263. The van der Waals surface area contributed by atoms with E-state index in [0.29, 0.717) is 24.1 Å². The van der Waals surface area contributed by atoms with Gasteiger partial charge in [0, 0.05) is 5.92 Å². The van der Waals surface area contributed by atoms with E-state index in [0.717, 1.165) is 6.42 Å². The van der Waals surface area contributed by atoms with Gasteiger partial charge in [-0.2, -0.15) is 0 Å². The summed E-state index contributed by atoms with van der Waals surface area (Å²) in [6.45, 7) is 0. The molecule has 1 amide bonds. The van der Waals surface area contributed by atoms with Crippen molar-refractivity contribution in [2.75, 3.05) is 0 Å².